The summed E-state index contributed by atoms with van der Waals surface area (Å²) in [6.07, 6.45) is -3.12. The van der Waals surface area contributed by atoms with Crippen molar-refractivity contribution in [2.45, 2.75) is 25.9 Å². The van der Waals surface area contributed by atoms with E-state index in [1.54, 1.807) is 18.2 Å². The fourth-order valence-corrected chi connectivity index (χ4v) is 4.16. The lowest BCUT2D eigenvalue weighted by Gasteiger charge is -2.10. The Balaban J connectivity index is 1.32. The summed E-state index contributed by atoms with van der Waals surface area (Å²) in [4.78, 5) is 21.4. The molecule has 204 valence electrons. The zero-order chi connectivity index (χ0) is 28.4. The van der Waals surface area contributed by atoms with Gasteiger partial charge in [-0.1, -0.05) is 32.0 Å². The second-order valence-corrected chi connectivity index (χ2v) is 9.56. The summed E-state index contributed by atoms with van der Waals surface area (Å²) in [5.41, 5.74) is 2.90. The molecule has 0 saturated carbocycles. The first kappa shape index (κ1) is 26.7. The van der Waals surface area contributed by atoms with Gasteiger partial charge >= 0.3 is 6.18 Å². The first-order valence-electron chi connectivity index (χ1n) is 12.5. The Labute approximate surface area is 228 Å². The third kappa shape index (κ3) is 5.90. The molecule has 0 saturated heterocycles. The van der Waals surface area contributed by atoms with E-state index in [1.807, 2.05) is 29.8 Å². The van der Waals surface area contributed by atoms with Gasteiger partial charge in [-0.15, -0.1) is 0 Å². The first-order valence-corrected chi connectivity index (χ1v) is 12.5. The molecule has 0 radical (unpaired) electrons. The number of halogens is 3. The van der Waals surface area contributed by atoms with E-state index in [2.05, 4.69) is 41.6 Å². The molecular weight excluding hydrogens is 519 g/mol. The van der Waals surface area contributed by atoms with Crippen LogP contribution in [0.25, 0.3) is 11.0 Å². The number of aromatic nitrogens is 3. The number of carbonyl (C=O) groups excluding carboxylic acids is 1. The summed E-state index contributed by atoms with van der Waals surface area (Å²) in [6, 6.07) is 21.0. The van der Waals surface area contributed by atoms with Crippen LogP contribution in [-0.4, -0.2) is 20.4 Å². The van der Waals surface area contributed by atoms with E-state index in [-0.39, 0.29) is 11.4 Å². The van der Waals surface area contributed by atoms with E-state index in [0.717, 1.165) is 23.3 Å². The third-order valence-corrected chi connectivity index (χ3v) is 6.31. The van der Waals surface area contributed by atoms with Gasteiger partial charge in [-0.25, -0.2) is 4.98 Å². The number of hydrogen-bond donors (Lipinski definition) is 2. The topological polar surface area (TPSA) is 81.1 Å². The van der Waals surface area contributed by atoms with E-state index < -0.39 is 17.6 Å². The van der Waals surface area contributed by atoms with Crippen LogP contribution < -0.4 is 15.4 Å². The lowest BCUT2D eigenvalue weighted by atomic mass is 10.0. The molecule has 1 amide bonds. The number of fused-ring (bicyclic) bond motifs is 1. The quantitative estimate of drug-likeness (QED) is 0.217. The van der Waals surface area contributed by atoms with Crippen LogP contribution in [0, 0.1) is 0 Å². The number of amides is 1. The van der Waals surface area contributed by atoms with Crippen molar-refractivity contribution in [1.29, 1.82) is 0 Å². The van der Waals surface area contributed by atoms with Gasteiger partial charge in [0.25, 0.3) is 5.91 Å². The molecule has 0 fully saturated rings. The number of pyridine rings is 1. The third-order valence-electron chi connectivity index (χ3n) is 6.31. The number of nitrogens with zero attached hydrogens (tertiary/aromatic N) is 3. The summed E-state index contributed by atoms with van der Waals surface area (Å²) in [7, 11) is 1.92. The number of hydrogen-bond acceptors (Lipinski definition) is 5. The van der Waals surface area contributed by atoms with Gasteiger partial charge < -0.3 is 19.9 Å². The average molecular weight is 546 g/mol. The largest absolute Gasteiger partial charge is 0.457 e. The molecule has 0 aliphatic rings. The van der Waals surface area contributed by atoms with Crippen LogP contribution in [0.15, 0.2) is 85.1 Å². The van der Waals surface area contributed by atoms with Crippen LogP contribution in [0.1, 0.15) is 41.4 Å². The minimum Gasteiger partial charge on any atom is -0.457 e. The molecule has 0 bridgehead atoms. The number of anilines is 3. The molecule has 2 N–H and O–H groups in total. The van der Waals surface area contributed by atoms with Gasteiger partial charge in [0, 0.05) is 36.8 Å². The number of aryl methyl sites for hydroxylation is 1. The monoisotopic (exact) mass is 545 g/mol. The summed E-state index contributed by atoms with van der Waals surface area (Å²) < 4.78 is 46.9. The number of benzene rings is 3. The highest BCUT2D eigenvalue weighted by molar-refractivity contribution is 6.03. The molecule has 5 rings (SSSR count). The van der Waals surface area contributed by atoms with Gasteiger partial charge in [-0.05, 0) is 60.0 Å². The van der Waals surface area contributed by atoms with Crippen LogP contribution in [0.3, 0.4) is 0 Å². The molecular formula is C30H26F3N5O2. The van der Waals surface area contributed by atoms with Crippen molar-refractivity contribution in [3.05, 3.63) is 102 Å². The standard InChI is InChI=1S/C30H26F3N5O2/c1-18(2)19-6-4-8-21(14-19)36-29-37-25-16-23(10-11-27(25)38(29)3)40-24-12-13-34-26(17-24)28(39)35-22-9-5-7-20(15-22)30(31,32)33/h4-18H,1-3H3,(H,35,39)(H,36,37). The molecule has 2 aromatic heterocycles. The SMILES string of the molecule is CC(C)c1cccc(Nc2nc3cc(Oc4ccnc(C(=O)Nc5cccc(C(F)(F)F)c5)c4)ccc3n2C)c1. The minimum absolute atomic E-state index is 0.00824. The highest BCUT2D eigenvalue weighted by atomic mass is 19.4. The van der Waals surface area contributed by atoms with E-state index >= 15 is 0 Å². The van der Waals surface area contributed by atoms with Crippen molar-refractivity contribution >= 4 is 34.3 Å². The maximum Gasteiger partial charge on any atom is 0.416 e. The van der Waals surface area contributed by atoms with Gasteiger partial charge in [0.05, 0.1) is 16.6 Å². The van der Waals surface area contributed by atoms with E-state index in [9.17, 15) is 18.0 Å². The van der Waals surface area contributed by atoms with Crippen molar-refractivity contribution in [1.82, 2.24) is 14.5 Å². The molecule has 0 aliphatic carbocycles. The highest BCUT2D eigenvalue weighted by Gasteiger charge is 2.30. The van der Waals surface area contributed by atoms with Gasteiger partial charge in [-0.2, -0.15) is 13.2 Å². The number of ether oxygens (including phenoxy) is 1. The number of carbonyl (C=O) groups is 1. The van der Waals surface area contributed by atoms with Crippen molar-refractivity contribution in [2.75, 3.05) is 10.6 Å². The molecule has 7 nitrogen and oxygen atoms in total. The van der Waals surface area contributed by atoms with Crippen LogP contribution in [0.4, 0.5) is 30.5 Å². The Bertz CT molecular complexity index is 1690. The highest BCUT2D eigenvalue weighted by Crippen LogP contribution is 2.31. The second kappa shape index (κ2) is 10.7. The van der Waals surface area contributed by atoms with Crippen LogP contribution in [0.2, 0.25) is 0 Å². The summed E-state index contributed by atoms with van der Waals surface area (Å²) in [6.45, 7) is 4.29. The molecule has 0 spiro atoms. The lowest BCUT2D eigenvalue weighted by Crippen LogP contribution is -2.14. The number of alkyl halides is 3. The fourth-order valence-electron chi connectivity index (χ4n) is 4.16. The zero-order valence-corrected chi connectivity index (χ0v) is 22.0. The maximum atomic E-state index is 13.0. The number of nitrogens with one attached hydrogen (secondary N) is 2. The normalized spacial score (nSPS) is 11.6. The molecule has 2 heterocycles. The van der Waals surface area contributed by atoms with E-state index in [4.69, 9.17) is 9.72 Å². The molecule has 10 heteroatoms. The Morgan fingerprint density at radius 2 is 1.68 bits per heavy atom. The van der Waals surface area contributed by atoms with Crippen LogP contribution in [0.5, 0.6) is 11.5 Å². The molecule has 5 aromatic rings. The summed E-state index contributed by atoms with van der Waals surface area (Å²) >= 11 is 0. The number of imidazole rings is 1. The molecule has 3 aromatic carbocycles. The van der Waals surface area contributed by atoms with Gasteiger partial charge in [0.1, 0.15) is 17.2 Å². The molecule has 0 atom stereocenters. The van der Waals surface area contributed by atoms with Crippen molar-refractivity contribution in [2.24, 2.45) is 7.05 Å². The zero-order valence-electron chi connectivity index (χ0n) is 22.0. The Kier molecular flexibility index (Phi) is 7.17. The first-order chi connectivity index (χ1) is 19.1. The van der Waals surface area contributed by atoms with Crippen LogP contribution >= 0.6 is 0 Å². The molecule has 0 aliphatic heterocycles. The molecule has 40 heavy (non-hydrogen) atoms. The van der Waals surface area contributed by atoms with Crippen molar-refractivity contribution in [3.8, 4) is 11.5 Å². The van der Waals surface area contributed by atoms with Crippen molar-refractivity contribution < 1.29 is 22.7 Å². The Morgan fingerprint density at radius 3 is 2.45 bits per heavy atom. The average Bonchev–Trinajstić information content (AvgIpc) is 3.22. The van der Waals surface area contributed by atoms with Gasteiger partial charge in [0.15, 0.2) is 0 Å². The minimum atomic E-state index is -4.52. The lowest BCUT2D eigenvalue weighted by molar-refractivity contribution is -0.137. The van der Waals surface area contributed by atoms with Gasteiger partial charge in [-0.3, -0.25) is 9.78 Å². The Hall–Kier alpha value is -4.86. The summed E-state index contributed by atoms with van der Waals surface area (Å²) in [5, 5.41) is 5.82. The Morgan fingerprint density at radius 1 is 0.925 bits per heavy atom. The second-order valence-electron chi connectivity index (χ2n) is 9.56. The predicted octanol–water partition coefficient (Wildman–Crippen LogP) is 7.90. The van der Waals surface area contributed by atoms with Crippen molar-refractivity contribution in [3.63, 3.8) is 0 Å². The predicted molar refractivity (Wildman–Crippen MR) is 148 cm³/mol. The molecule has 0 unspecified atom stereocenters. The summed E-state index contributed by atoms with van der Waals surface area (Å²) in [5.74, 6) is 1.24. The van der Waals surface area contributed by atoms with E-state index in [0.29, 0.717) is 28.9 Å². The fraction of sp³-hybridized carbons (Fsp3) is 0.167. The van der Waals surface area contributed by atoms with E-state index in [1.165, 1.54) is 30.0 Å². The van der Waals surface area contributed by atoms with Gasteiger partial charge in [0.2, 0.25) is 5.95 Å². The number of rotatable bonds is 7. The maximum absolute atomic E-state index is 13.0. The van der Waals surface area contributed by atoms with Crippen LogP contribution in [-0.2, 0) is 13.2 Å². The smallest absolute Gasteiger partial charge is 0.416 e.